The third-order valence-electron chi connectivity index (χ3n) is 6.31. The zero-order valence-electron chi connectivity index (χ0n) is 18.7. The molecule has 1 saturated heterocycles. The van der Waals surface area contributed by atoms with Crippen molar-refractivity contribution >= 4 is 0 Å². The maximum Gasteiger partial charge on any atom is 0.191 e. The van der Waals surface area contributed by atoms with E-state index in [4.69, 9.17) is 9.47 Å². The van der Waals surface area contributed by atoms with Crippen LogP contribution in [0.4, 0.5) is 0 Å². The van der Waals surface area contributed by atoms with E-state index in [0.29, 0.717) is 11.5 Å². The van der Waals surface area contributed by atoms with Crippen molar-refractivity contribution in [2.75, 3.05) is 13.2 Å². The lowest BCUT2D eigenvalue weighted by molar-refractivity contribution is -0.239. The minimum Gasteiger partial charge on any atom is -0.493 e. The van der Waals surface area contributed by atoms with Crippen LogP contribution < -0.4 is 4.74 Å². The molecule has 0 bridgehead atoms. The second-order valence-electron chi connectivity index (χ2n) is 9.23. The predicted octanol–water partition coefficient (Wildman–Crippen LogP) is 0.639. The van der Waals surface area contributed by atoms with Gasteiger partial charge in [-0.05, 0) is 55.9 Å². The van der Waals surface area contributed by atoms with Gasteiger partial charge in [0.1, 0.15) is 24.1 Å². The molecule has 0 spiro atoms. The predicted molar refractivity (Wildman–Crippen MR) is 122 cm³/mol. The van der Waals surface area contributed by atoms with E-state index in [0.717, 1.165) is 30.9 Å². The molecule has 3 aliphatic rings. The monoisotopic (exact) mass is 464 g/mol. The van der Waals surface area contributed by atoms with Gasteiger partial charge in [-0.25, -0.2) is 4.68 Å². The van der Waals surface area contributed by atoms with Crippen molar-refractivity contribution in [1.82, 2.24) is 9.78 Å². The summed E-state index contributed by atoms with van der Waals surface area (Å²) in [6.07, 6.45) is 2.25. The normalized spacial score (nSPS) is 30.6. The fourth-order valence-electron chi connectivity index (χ4n) is 3.73. The molecule has 2 aliphatic carbocycles. The van der Waals surface area contributed by atoms with Crippen LogP contribution in [0.2, 0.25) is 0 Å². The van der Waals surface area contributed by atoms with E-state index in [1.165, 1.54) is 12.8 Å². The van der Waals surface area contributed by atoms with Gasteiger partial charge in [0.2, 0.25) is 0 Å². The molecule has 4 N–H and O–H groups in total. The molecular formula is C26H28N2O6. The van der Waals surface area contributed by atoms with E-state index in [2.05, 4.69) is 28.8 Å². The molecule has 2 heterocycles. The molecule has 1 aromatic carbocycles. The average molecular weight is 465 g/mol. The van der Waals surface area contributed by atoms with Gasteiger partial charge in [-0.1, -0.05) is 23.7 Å². The molecule has 2 saturated carbocycles. The largest absolute Gasteiger partial charge is 0.493 e. The molecule has 0 radical (unpaired) electrons. The highest BCUT2D eigenvalue weighted by molar-refractivity contribution is 5.41. The molecule has 8 nitrogen and oxygen atoms in total. The fraction of sp³-hybridized carbons (Fsp3) is 0.500. The maximum absolute atomic E-state index is 11.1. The maximum atomic E-state index is 11.1. The van der Waals surface area contributed by atoms with Crippen LogP contribution in [0.25, 0.3) is 5.69 Å². The Balaban J connectivity index is 1.32. The molecule has 3 fully saturated rings. The lowest BCUT2D eigenvalue weighted by Gasteiger charge is -2.43. The first-order valence-electron chi connectivity index (χ1n) is 11.6. The highest BCUT2D eigenvalue weighted by atomic mass is 16.5. The van der Waals surface area contributed by atoms with Crippen molar-refractivity contribution < 1.29 is 29.9 Å². The van der Waals surface area contributed by atoms with E-state index < -0.39 is 36.6 Å². The first-order chi connectivity index (χ1) is 16.5. The zero-order chi connectivity index (χ0) is 23.7. The van der Waals surface area contributed by atoms with Crippen molar-refractivity contribution in [2.45, 2.75) is 55.7 Å². The number of rotatable bonds is 5. The molecule has 1 aromatic heterocycles. The third-order valence-corrected chi connectivity index (χ3v) is 6.31. The van der Waals surface area contributed by atoms with Crippen molar-refractivity contribution in [3.8, 4) is 35.1 Å². The van der Waals surface area contributed by atoms with Crippen LogP contribution in [0.1, 0.15) is 31.2 Å². The van der Waals surface area contributed by atoms with E-state index in [1.807, 2.05) is 24.3 Å². The van der Waals surface area contributed by atoms with Gasteiger partial charge in [-0.2, -0.15) is 5.10 Å². The van der Waals surface area contributed by atoms with Gasteiger partial charge in [0.25, 0.3) is 0 Å². The summed E-state index contributed by atoms with van der Waals surface area (Å²) >= 11 is 0. The lowest BCUT2D eigenvalue weighted by atomic mass is 9.82. The van der Waals surface area contributed by atoms with Crippen LogP contribution in [-0.2, 0) is 4.74 Å². The number of hydrogen-bond donors (Lipinski definition) is 4. The molecular weight excluding hydrogens is 436 g/mol. The number of hydrogen-bond acceptors (Lipinski definition) is 7. The third kappa shape index (κ3) is 4.97. The molecule has 5 rings (SSSR count). The topological polar surface area (TPSA) is 117 Å². The van der Waals surface area contributed by atoms with Crippen molar-refractivity contribution in [3.05, 3.63) is 42.2 Å². The van der Waals surface area contributed by atoms with Crippen LogP contribution in [0, 0.1) is 35.5 Å². The van der Waals surface area contributed by atoms with Crippen LogP contribution in [0.3, 0.4) is 0 Å². The van der Waals surface area contributed by atoms with E-state index >= 15 is 0 Å². The van der Waals surface area contributed by atoms with Crippen LogP contribution in [-0.4, -0.2) is 73.4 Å². The molecule has 34 heavy (non-hydrogen) atoms. The van der Waals surface area contributed by atoms with Crippen molar-refractivity contribution in [2.24, 2.45) is 11.8 Å². The Morgan fingerprint density at radius 2 is 1.88 bits per heavy atom. The SMILES string of the molecule is OC[C@H]1O[C@H](C#Cc2cnn(-c3ccc(OCC4CC4)cc3)c2)[C@](O)(C#CC2CC2)[C@@H](O)[C@@H]1O. The molecule has 8 heteroatoms. The fourth-order valence-corrected chi connectivity index (χ4v) is 3.73. The molecule has 0 amide bonds. The minimum atomic E-state index is -2.08. The van der Waals surface area contributed by atoms with Crippen molar-refractivity contribution in [1.29, 1.82) is 0 Å². The molecule has 5 atom stereocenters. The summed E-state index contributed by atoms with van der Waals surface area (Å²) in [5.41, 5.74) is -0.671. The summed E-state index contributed by atoms with van der Waals surface area (Å²) in [5, 5.41) is 45.7. The van der Waals surface area contributed by atoms with E-state index in [1.54, 1.807) is 17.1 Å². The van der Waals surface area contributed by atoms with Crippen LogP contribution >= 0.6 is 0 Å². The van der Waals surface area contributed by atoms with Gasteiger partial charge < -0.3 is 29.9 Å². The summed E-state index contributed by atoms with van der Waals surface area (Å²) < 4.78 is 13.1. The Kier molecular flexibility index (Phi) is 6.35. The van der Waals surface area contributed by atoms with Gasteiger partial charge in [0, 0.05) is 12.1 Å². The Labute approximate surface area is 198 Å². The Morgan fingerprint density at radius 1 is 1.12 bits per heavy atom. The van der Waals surface area contributed by atoms with E-state index in [9.17, 15) is 20.4 Å². The standard InChI is InChI=1S/C26H28N2O6/c29-15-22-24(30)25(31)26(32,12-11-17-1-2-17)23(34-22)10-5-19-13-27-28(14-19)20-6-8-21(9-7-20)33-16-18-3-4-18/h6-9,13-14,17-18,22-25,29-32H,1-4,15-16H2/t22-,23-,24-,25+,26-/m1/s1. The van der Waals surface area contributed by atoms with Gasteiger partial charge in [0.15, 0.2) is 11.7 Å². The number of aromatic nitrogens is 2. The summed E-state index contributed by atoms with van der Waals surface area (Å²) in [5.74, 6) is 13.0. The summed E-state index contributed by atoms with van der Waals surface area (Å²) in [7, 11) is 0. The second-order valence-corrected chi connectivity index (χ2v) is 9.23. The number of benzene rings is 1. The Bertz CT molecular complexity index is 1130. The van der Waals surface area contributed by atoms with Crippen molar-refractivity contribution in [3.63, 3.8) is 0 Å². The molecule has 1 aliphatic heterocycles. The highest BCUT2D eigenvalue weighted by Gasteiger charge is 2.53. The van der Waals surface area contributed by atoms with Gasteiger partial charge in [-0.3, -0.25) is 0 Å². The van der Waals surface area contributed by atoms with Gasteiger partial charge >= 0.3 is 0 Å². The van der Waals surface area contributed by atoms with E-state index in [-0.39, 0.29) is 5.92 Å². The number of aliphatic hydroxyl groups is 4. The number of ether oxygens (including phenoxy) is 2. The minimum absolute atomic E-state index is 0.168. The van der Waals surface area contributed by atoms with Crippen LogP contribution in [0.15, 0.2) is 36.7 Å². The van der Waals surface area contributed by atoms with Gasteiger partial charge in [0.05, 0.1) is 30.7 Å². The lowest BCUT2D eigenvalue weighted by Crippen LogP contribution is -2.65. The zero-order valence-corrected chi connectivity index (χ0v) is 18.7. The highest BCUT2D eigenvalue weighted by Crippen LogP contribution is 2.32. The van der Waals surface area contributed by atoms with Gasteiger partial charge in [-0.15, -0.1) is 0 Å². The Morgan fingerprint density at radius 3 is 2.56 bits per heavy atom. The first kappa shape index (κ1) is 22.9. The summed E-state index contributed by atoms with van der Waals surface area (Å²) in [6.45, 7) is 0.227. The quantitative estimate of drug-likeness (QED) is 0.480. The molecule has 2 aromatic rings. The number of aliphatic hydroxyl groups excluding tert-OH is 3. The smallest absolute Gasteiger partial charge is 0.191 e. The first-order valence-corrected chi connectivity index (χ1v) is 11.6. The Hall–Kier alpha value is -2.85. The second kappa shape index (κ2) is 9.42. The van der Waals surface area contributed by atoms with Crippen LogP contribution in [0.5, 0.6) is 5.75 Å². The number of nitrogens with zero attached hydrogens (tertiary/aromatic N) is 2. The average Bonchev–Trinajstić information content (AvgIpc) is 3.79. The molecule has 178 valence electrons. The summed E-state index contributed by atoms with van der Waals surface area (Å²) in [6, 6.07) is 7.63. The summed E-state index contributed by atoms with van der Waals surface area (Å²) in [4.78, 5) is 0. The molecule has 0 unspecified atom stereocenters.